The van der Waals surface area contributed by atoms with Gasteiger partial charge in [-0.15, -0.1) is 6.58 Å². The Balaban J connectivity index is 1.91. The van der Waals surface area contributed by atoms with Crippen molar-refractivity contribution >= 4 is 17.4 Å². The molecule has 0 fully saturated rings. The van der Waals surface area contributed by atoms with E-state index in [1.165, 1.54) is 5.69 Å². The van der Waals surface area contributed by atoms with Crippen molar-refractivity contribution in [3.63, 3.8) is 0 Å². The number of fused-ring (bicyclic) bond motifs is 1. The monoisotopic (exact) mass is 261 g/mol. The SMILES string of the molecule is C=CCSCCNCc1c(C)nc2ccccn12. The number of hydrogen-bond donors (Lipinski definition) is 1. The van der Waals surface area contributed by atoms with E-state index in [4.69, 9.17) is 0 Å². The van der Waals surface area contributed by atoms with E-state index in [-0.39, 0.29) is 0 Å². The molecule has 4 heteroatoms. The summed E-state index contributed by atoms with van der Waals surface area (Å²) in [5.74, 6) is 2.14. The molecule has 3 nitrogen and oxygen atoms in total. The molecule has 0 atom stereocenters. The second-order valence-electron chi connectivity index (χ2n) is 4.11. The van der Waals surface area contributed by atoms with Crippen LogP contribution in [0.3, 0.4) is 0 Å². The number of thioether (sulfide) groups is 1. The maximum absolute atomic E-state index is 4.55. The van der Waals surface area contributed by atoms with Crippen LogP contribution in [0.5, 0.6) is 0 Å². The van der Waals surface area contributed by atoms with Crippen LogP contribution < -0.4 is 5.32 Å². The third-order valence-electron chi connectivity index (χ3n) is 2.78. The van der Waals surface area contributed by atoms with Crippen LogP contribution in [0.1, 0.15) is 11.4 Å². The average molecular weight is 261 g/mol. The molecule has 0 aliphatic rings. The number of imidazole rings is 1. The molecule has 0 saturated carbocycles. The van der Waals surface area contributed by atoms with Gasteiger partial charge in [0, 0.05) is 30.8 Å². The van der Waals surface area contributed by atoms with Gasteiger partial charge in [-0.2, -0.15) is 11.8 Å². The highest BCUT2D eigenvalue weighted by Gasteiger charge is 2.06. The Morgan fingerprint density at radius 3 is 3.22 bits per heavy atom. The number of nitrogens with zero attached hydrogens (tertiary/aromatic N) is 2. The number of hydrogen-bond acceptors (Lipinski definition) is 3. The zero-order valence-electron chi connectivity index (χ0n) is 10.7. The predicted octanol–water partition coefficient (Wildman–Crippen LogP) is 2.65. The third-order valence-corrected chi connectivity index (χ3v) is 3.74. The number of pyridine rings is 1. The second kappa shape index (κ2) is 6.61. The molecule has 1 N–H and O–H groups in total. The van der Waals surface area contributed by atoms with Crippen LogP contribution >= 0.6 is 11.8 Å². The Morgan fingerprint density at radius 2 is 2.39 bits per heavy atom. The van der Waals surface area contributed by atoms with Crippen molar-refractivity contribution in [1.82, 2.24) is 14.7 Å². The molecule has 0 unspecified atom stereocenters. The summed E-state index contributed by atoms with van der Waals surface area (Å²) >= 11 is 1.90. The largest absolute Gasteiger partial charge is 0.310 e. The molecular formula is C14H19N3S. The van der Waals surface area contributed by atoms with Gasteiger partial charge in [0.15, 0.2) is 0 Å². The molecular weight excluding hydrogens is 242 g/mol. The summed E-state index contributed by atoms with van der Waals surface area (Å²) in [5, 5.41) is 3.46. The van der Waals surface area contributed by atoms with Crippen LogP contribution in [0, 0.1) is 6.92 Å². The van der Waals surface area contributed by atoms with Crippen LogP contribution in [0.15, 0.2) is 37.1 Å². The fraction of sp³-hybridized carbons (Fsp3) is 0.357. The summed E-state index contributed by atoms with van der Waals surface area (Å²) in [6, 6.07) is 6.10. The number of aromatic nitrogens is 2. The molecule has 0 aliphatic carbocycles. The molecule has 0 spiro atoms. The molecule has 0 aliphatic heterocycles. The minimum absolute atomic E-state index is 0.867. The summed E-state index contributed by atoms with van der Waals surface area (Å²) in [7, 11) is 0. The molecule has 2 aromatic rings. The zero-order valence-corrected chi connectivity index (χ0v) is 11.5. The molecule has 0 saturated heterocycles. The van der Waals surface area contributed by atoms with E-state index in [1.807, 2.05) is 36.0 Å². The van der Waals surface area contributed by atoms with Crippen LogP contribution in [0.25, 0.3) is 5.65 Å². The third kappa shape index (κ3) is 3.15. The Morgan fingerprint density at radius 1 is 1.50 bits per heavy atom. The normalized spacial score (nSPS) is 10.9. The van der Waals surface area contributed by atoms with E-state index in [0.717, 1.165) is 35.9 Å². The first-order valence-electron chi connectivity index (χ1n) is 6.15. The first kappa shape index (κ1) is 13.2. The highest BCUT2D eigenvalue weighted by Crippen LogP contribution is 2.11. The summed E-state index contributed by atoms with van der Waals surface area (Å²) < 4.78 is 2.15. The van der Waals surface area contributed by atoms with E-state index in [2.05, 4.69) is 34.4 Å². The van der Waals surface area contributed by atoms with Crippen LogP contribution in [0.2, 0.25) is 0 Å². The lowest BCUT2D eigenvalue weighted by Crippen LogP contribution is -2.18. The van der Waals surface area contributed by atoms with Gasteiger partial charge in [0.2, 0.25) is 0 Å². The number of aryl methyl sites for hydroxylation is 1. The van der Waals surface area contributed by atoms with E-state index in [0.29, 0.717) is 0 Å². The van der Waals surface area contributed by atoms with Crippen LogP contribution in [-0.2, 0) is 6.54 Å². The maximum Gasteiger partial charge on any atom is 0.137 e. The molecule has 0 aromatic carbocycles. The zero-order chi connectivity index (χ0) is 12.8. The smallest absolute Gasteiger partial charge is 0.137 e. The standard InChI is InChI=1S/C14H19N3S/c1-3-9-18-10-7-15-11-13-12(2)16-14-6-4-5-8-17(13)14/h3-6,8,15H,1,7,9-11H2,2H3. The lowest BCUT2D eigenvalue weighted by atomic mass is 10.3. The quantitative estimate of drug-likeness (QED) is 0.614. The predicted molar refractivity (Wildman–Crippen MR) is 79.2 cm³/mol. The van der Waals surface area contributed by atoms with Gasteiger partial charge in [0.05, 0.1) is 11.4 Å². The van der Waals surface area contributed by atoms with Gasteiger partial charge in [-0.1, -0.05) is 12.1 Å². The fourth-order valence-electron chi connectivity index (χ4n) is 1.89. The van der Waals surface area contributed by atoms with E-state index < -0.39 is 0 Å². The van der Waals surface area contributed by atoms with Crippen molar-refractivity contribution in [2.75, 3.05) is 18.1 Å². The van der Waals surface area contributed by atoms with Gasteiger partial charge < -0.3 is 9.72 Å². The Hall–Kier alpha value is -1.26. The molecule has 0 amide bonds. The first-order chi connectivity index (χ1) is 8.83. The summed E-state index contributed by atoms with van der Waals surface area (Å²) in [5.41, 5.74) is 3.37. The molecule has 2 heterocycles. The lowest BCUT2D eigenvalue weighted by molar-refractivity contribution is 0.706. The topological polar surface area (TPSA) is 29.3 Å². The highest BCUT2D eigenvalue weighted by molar-refractivity contribution is 7.99. The van der Waals surface area contributed by atoms with E-state index in [9.17, 15) is 0 Å². The molecule has 2 rings (SSSR count). The van der Waals surface area contributed by atoms with Crippen molar-refractivity contribution in [3.05, 3.63) is 48.4 Å². The van der Waals surface area contributed by atoms with Gasteiger partial charge in [0.1, 0.15) is 5.65 Å². The van der Waals surface area contributed by atoms with Gasteiger partial charge >= 0.3 is 0 Å². The van der Waals surface area contributed by atoms with Gasteiger partial charge in [-0.25, -0.2) is 4.98 Å². The van der Waals surface area contributed by atoms with E-state index >= 15 is 0 Å². The van der Waals surface area contributed by atoms with Crippen molar-refractivity contribution in [1.29, 1.82) is 0 Å². The highest BCUT2D eigenvalue weighted by atomic mass is 32.2. The van der Waals surface area contributed by atoms with E-state index in [1.54, 1.807) is 0 Å². The molecule has 96 valence electrons. The fourth-order valence-corrected chi connectivity index (χ4v) is 2.52. The van der Waals surface area contributed by atoms with Crippen molar-refractivity contribution in [2.24, 2.45) is 0 Å². The number of rotatable bonds is 7. The van der Waals surface area contributed by atoms with Gasteiger partial charge in [-0.3, -0.25) is 0 Å². The Labute approximate surface area is 112 Å². The maximum atomic E-state index is 4.55. The van der Waals surface area contributed by atoms with Crippen molar-refractivity contribution in [3.8, 4) is 0 Å². The Bertz CT molecular complexity index is 519. The number of nitrogens with one attached hydrogen (secondary N) is 1. The molecule has 0 bridgehead atoms. The van der Waals surface area contributed by atoms with Crippen LogP contribution in [-0.4, -0.2) is 27.4 Å². The molecule has 0 radical (unpaired) electrons. The van der Waals surface area contributed by atoms with Gasteiger partial charge in [-0.05, 0) is 19.1 Å². The minimum Gasteiger partial charge on any atom is -0.310 e. The van der Waals surface area contributed by atoms with Crippen LogP contribution in [0.4, 0.5) is 0 Å². The minimum atomic E-state index is 0.867. The van der Waals surface area contributed by atoms with Crippen molar-refractivity contribution < 1.29 is 0 Å². The Kier molecular flexibility index (Phi) is 4.84. The summed E-state index contributed by atoms with van der Waals surface area (Å²) in [4.78, 5) is 4.55. The van der Waals surface area contributed by atoms with Crippen molar-refractivity contribution in [2.45, 2.75) is 13.5 Å². The summed E-state index contributed by atoms with van der Waals surface area (Å²) in [6.45, 7) is 7.66. The lowest BCUT2D eigenvalue weighted by Gasteiger charge is -2.05. The second-order valence-corrected chi connectivity index (χ2v) is 5.26. The first-order valence-corrected chi connectivity index (χ1v) is 7.30. The summed E-state index contributed by atoms with van der Waals surface area (Å²) in [6.07, 6.45) is 4.01. The average Bonchev–Trinajstić information content (AvgIpc) is 2.70. The molecule has 18 heavy (non-hydrogen) atoms. The molecule has 2 aromatic heterocycles. The van der Waals surface area contributed by atoms with Gasteiger partial charge in [0.25, 0.3) is 0 Å².